The van der Waals surface area contributed by atoms with Crippen molar-refractivity contribution < 1.29 is 4.74 Å². The summed E-state index contributed by atoms with van der Waals surface area (Å²) in [6.07, 6.45) is 4.15. The van der Waals surface area contributed by atoms with Gasteiger partial charge in [-0.1, -0.05) is 20.8 Å². The first-order valence-corrected chi connectivity index (χ1v) is 6.83. The van der Waals surface area contributed by atoms with Crippen LogP contribution in [0.4, 0.5) is 0 Å². The van der Waals surface area contributed by atoms with Gasteiger partial charge in [0.15, 0.2) is 0 Å². The molecule has 0 amide bonds. The van der Waals surface area contributed by atoms with Crippen LogP contribution in [0.2, 0.25) is 0 Å². The van der Waals surface area contributed by atoms with Crippen molar-refractivity contribution >= 4 is 0 Å². The van der Waals surface area contributed by atoms with E-state index in [2.05, 4.69) is 39.9 Å². The van der Waals surface area contributed by atoms with E-state index in [4.69, 9.17) is 4.74 Å². The van der Waals surface area contributed by atoms with Crippen LogP contribution in [0.1, 0.15) is 53.9 Å². The highest BCUT2D eigenvalue weighted by atomic mass is 16.5. The number of hydrogen-bond acceptors (Lipinski definition) is 2. The molecular weight excluding hydrogens is 198 g/mol. The van der Waals surface area contributed by atoms with Crippen molar-refractivity contribution in [3.05, 3.63) is 0 Å². The van der Waals surface area contributed by atoms with Crippen LogP contribution in [0.25, 0.3) is 0 Å². The topological polar surface area (TPSA) is 21.3 Å². The molecule has 96 valence electrons. The van der Waals surface area contributed by atoms with Crippen molar-refractivity contribution in [2.24, 2.45) is 11.8 Å². The van der Waals surface area contributed by atoms with Gasteiger partial charge in [-0.2, -0.15) is 0 Å². The van der Waals surface area contributed by atoms with Gasteiger partial charge in [0, 0.05) is 0 Å². The van der Waals surface area contributed by atoms with Crippen molar-refractivity contribution in [2.45, 2.75) is 65.6 Å². The van der Waals surface area contributed by atoms with Crippen LogP contribution in [0.5, 0.6) is 0 Å². The average molecular weight is 227 g/mol. The van der Waals surface area contributed by atoms with E-state index in [9.17, 15) is 0 Å². The molecule has 1 heterocycles. The van der Waals surface area contributed by atoms with Gasteiger partial charge in [0.1, 0.15) is 0 Å². The summed E-state index contributed by atoms with van der Waals surface area (Å²) in [7, 11) is 0. The lowest BCUT2D eigenvalue weighted by atomic mass is 9.89. The highest BCUT2D eigenvalue weighted by Crippen LogP contribution is 2.33. The zero-order valence-corrected chi connectivity index (χ0v) is 11.7. The molecule has 1 N–H and O–H groups in total. The second kappa shape index (κ2) is 6.02. The molecule has 0 aromatic rings. The van der Waals surface area contributed by atoms with E-state index in [-0.39, 0.29) is 5.60 Å². The van der Waals surface area contributed by atoms with Gasteiger partial charge in [-0.15, -0.1) is 0 Å². The molecule has 0 aromatic carbocycles. The van der Waals surface area contributed by atoms with Crippen LogP contribution < -0.4 is 5.32 Å². The number of rotatable bonds is 6. The lowest BCUT2D eigenvalue weighted by molar-refractivity contribution is -0.0270. The van der Waals surface area contributed by atoms with E-state index in [0.717, 1.165) is 24.9 Å². The van der Waals surface area contributed by atoms with Gasteiger partial charge >= 0.3 is 0 Å². The van der Waals surface area contributed by atoms with E-state index in [1.54, 1.807) is 0 Å². The van der Waals surface area contributed by atoms with E-state index < -0.39 is 0 Å². The van der Waals surface area contributed by atoms with Gasteiger partial charge in [-0.3, -0.25) is 0 Å². The maximum absolute atomic E-state index is 6.08. The average Bonchev–Trinajstić information content (AvgIpc) is 2.52. The molecule has 0 radical (unpaired) electrons. The summed E-state index contributed by atoms with van der Waals surface area (Å²) >= 11 is 0. The predicted octanol–water partition coefficient (Wildman–Crippen LogP) is 3.22. The van der Waals surface area contributed by atoms with E-state index in [0.29, 0.717) is 6.10 Å². The fourth-order valence-corrected chi connectivity index (χ4v) is 2.50. The molecule has 0 aromatic heterocycles. The Morgan fingerprint density at radius 3 is 2.50 bits per heavy atom. The summed E-state index contributed by atoms with van der Waals surface area (Å²) in [5.41, 5.74) is 0.115. The monoisotopic (exact) mass is 227 g/mol. The van der Waals surface area contributed by atoms with Crippen LogP contribution in [0.15, 0.2) is 0 Å². The molecule has 1 saturated heterocycles. The molecular formula is C14H29NO. The van der Waals surface area contributed by atoms with E-state index in [1.807, 2.05) is 0 Å². The molecule has 0 bridgehead atoms. The summed E-state index contributed by atoms with van der Waals surface area (Å²) in [5.74, 6) is 1.49. The lowest BCUT2D eigenvalue weighted by Gasteiger charge is -2.26. The van der Waals surface area contributed by atoms with Crippen LogP contribution in [0.3, 0.4) is 0 Å². The summed E-state index contributed by atoms with van der Waals surface area (Å²) in [5, 5.41) is 3.47. The first kappa shape index (κ1) is 14.0. The highest BCUT2D eigenvalue weighted by Gasteiger charge is 2.33. The molecule has 2 heteroatoms. The SMILES string of the molecule is CCNCC(CC1CCC(C)(C)O1)C(C)C. The number of ether oxygens (including phenoxy) is 1. The Morgan fingerprint density at radius 2 is 2.06 bits per heavy atom. The zero-order chi connectivity index (χ0) is 12.2. The van der Waals surface area contributed by atoms with Gasteiger partial charge in [0.2, 0.25) is 0 Å². The third kappa shape index (κ3) is 4.42. The Kier molecular flexibility index (Phi) is 5.26. The van der Waals surface area contributed by atoms with Crippen LogP contribution in [-0.2, 0) is 4.74 Å². The van der Waals surface area contributed by atoms with Crippen LogP contribution in [-0.4, -0.2) is 24.8 Å². The molecule has 2 nitrogen and oxygen atoms in total. The molecule has 1 aliphatic heterocycles. The summed E-state index contributed by atoms with van der Waals surface area (Å²) in [4.78, 5) is 0. The van der Waals surface area contributed by atoms with Gasteiger partial charge in [-0.05, 0) is 58.0 Å². The Morgan fingerprint density at radius 1 is 1.38 bits per heavy atom. The minimum atomic E-state index is 0.115. The number of hydrogen-bond donors (Lipinski definition) is 1. The molecule has 1 rings (SSSR count). The summed E-state index contributed by atoms with van der Waals surface area (Å²) in [6, 6.07) is 0. The smallest absolute Gasteiger partial charge is 0.0631 e. The second-order valence-electron chi connectivity index (χ2n) is 6.09. The summed E-state index contributed by atoms with van der Waals surface area (Å²) in [6.45, 7) is 13.4. The van der Waals surface area contributed by atoms with Gasteiger partial charge < -0.3 is 10.1 Å². The molecule has 0 saturated carbocycles. The van der Waals surface area contributed by atoms with Crippen LogP contribution >= 0.6 is 0 Å². The minimum absolute atomic E-state index is 0.115. The van der Waals surface area contributed by atoms with Crippen molar-refractivity contribution in [2.75, 3.05) is 13.1 Å². The normalized spacial score (nSPS) is 26.2. The Hall–Kier alpha value is -0.0800. The lowest BCUT2D eigenvalue weighted by Crippen LogP contribution is -2.30. The maximum Gasteiger partial charge on any atom is 0.0631 e. The van der Waals surface area contributed by atoms with Gasteiger partial charge in [-0.25, -0.2) is 0 Å². The van der Waals surface area contributed by atoms with E-state index >= 15 is 0 Å². The molecule has 0 spiro atoms. The largest absolute Gasteiger partial charge is 0.372 e. The minimum Gasteiger partial charge on any atom is -0.372 e. The van der Waals surface area contributed by atoms with Gasteiger partial charge in [0.25, 0.3) is 0 Å². The predicted molar refractivity (Wildman–Crippen MR) is 69.7 cm³/mol. The fourth-order valence-electron chi connectivity index (χ4n) is 2.50. The maximum atomic E-state index is 6.08. The quantitative estimate of drug-likeness (QED) is 0.752. The van der Waals surface area contributed by atoms with Crippen LogP contribution in [0, 0.1) is 11.8 Å². The third-order valence-electron chi connectivity index (χ3n) is 3.72. The highest BCUT2D eigenvalue weighted by molar-refractivity contribution is 4.83. The fraction of sp³-hybridized carbons (Fsp3) is 1.00. The zero-order valence-electron chi connectivity index (χ0n) is 11.7. The molecule has 16 heavy (non-hydrogen) atoms. The standard InChI is InChI=1S/C14H29NO/c1-6-15-10-12(11(2)3)9-13-7-8-14(4,5)16-13/h11-13,15H,6-10H2,1-5H3. The Balaban J connectivity index is 2.37. The Bertz CT molecular complexity index is 201. The molecule has 2 atom stereocenters. The molecule has 0 aliphatic carbocycles. The van der Waals surface area contributed by atoms with E-state index in [1.165, 1.54) is 19.3 Å². The van der Waals surface area contributed by atoms with Crippen molar-refractivity contribution in [1.82, 2.24) is 5.32 Å². The van der Waals surface area contributed by atoms with Crippen molar-refractivity contribution in [3.8, 4) is 0 Å². The first-order valence-electron chi connectivity index (χ1n) is 6.83. The summed E-state index contributed by atoms with van der Waals surface area (Å²) < 4.78 is 6.08. The van der Waals surface area contributed by atoms with Crippen molar-refractivity contribution in [1.29, 1.82) is 0 Å². The Labute approximate surface area is 101 Å². The molecule has 1 aliphatic rings. The third-order valence-corrected chi connectivity index (χ3v) is 3.72. The first-order chi connectivity index (χ1) is 7.44. The van der Waals surface area contributed by atoms with Crippen molar-refractivity contribution in [3.63, 3.8) is 0 Å². The number of nitrogens with one attached hydrogen (secondary N) is 1. The molecule has 1 fully saturated rings. The van der Waals surface area contributed by atoms with Gasteiger partial charge in [0.05, 0.1) is 11.7 Å². The molecule has 2 unspecified atom stereocenters. The second-order valence-corrected chi connectivity index (χ2v) is 6.09.